The highest BCUT2D eigenvalue weighted by molar-refractivity contribution is 5.99. The largest absolute Gasteiger partial charge is 0.368 e. The van der Waals surface area contributed by atoms with Crippen molar-refractivity contribution in [2.75, 3.05) is 25.5 Å². The second-order valence-corrected chi connectivity index (χ2v) is 10.9. The third-order valence-corrected chi connectivity index (χ3v) is 8.21. The molecular weight excluding hydrogens is 474 g/mol. The van der Waals surface area contributed by atoms with E-state index in [2.05, 4.69) is 40.8 Å². The predicted molar refractivity (Wildman–Crippen MR) is 155 cm³/mol. The molecule has 0 aliphatic heterocycles. The molecule has 7 nitrogen and oxygen atoms in total. The maximum atomic E-state index is 13.2. The molecule has 1 aliphatic carbocycles. The molecule has 1 aromatic carbocycles. The lowest BCUT2D eigenvalue weighted by Gasteiger charge is -2.41. The molecule has 4 rings (SSSR count). The van der Waals surface area contributed by atoms with E-state index in [0.717, 1.165) is 77.0 Å². The molecule has 0 saturated heterocycles. The molecule has 1 fully saturated rings. The Balaban J connectivity index is 1.96. The molecule has 202 valence electrons. The van der Waals surface area contributed by atoms with Crippen LogP contribution in [0.4, 0.5) is 5.69 Å². The number of nitrogens with two attached hydrogens (primary N) is 1. The molecule has 0 unspecified atom stereocenters. The van der Waals surface area contributed by atoms with Gasteiger partial charge in [-0.15, -0.1) is 0 Å². The number of nitrogens with zero attached hydrogens (tertiary/aromatic N) is 3. The zero-order valence-corrected chi connectivity index (χ0v) is 23.6. The number of primary amides is 1. The van der Waals surface area contributed by atoms with Crippen molar-refractivity contribution in [1.29, 1.82) is 0 Å². The van der Waals surface area contributed by atoms with Crippen LogP contribution in [0.1, 0.15) is 70.9 Å². The Labute approximate surface area is 226 Å². The Morgan fingerprint density at radius 1 is 1.08 bits per heavy atom. The number of carbonyl (C=O) groups excluding carboxylic acids is 1. The number of hydrogen-bond donors (Lipinski definition) is 2. The summed E-state index contributed by atoms with van der Waals surface area (Å²) in [6.45, 7) is 8.85. The number of benzene rings is 1. The Morgan fingerprint density at radius 3 is 2.32 bits per heavy atom. The Bertz CT molecular complexity index is 1350. The summed E-state index contributed by atoms with van der Waals surface area (Å²) in [5, 5.41) is 0. The molecule has 0 bridgehead atoms. The first-order valence-electron chi connectivity index (χ1n) is 13.6. The van der Waals surface area contributed by atoms with E-state index in [4.69, 9.17) is 5.73 Å². The molecule has 2 aromatic heterocycles. The minimum Gasteiger partial charge on any atom is -0.368 e. The van der Waals surface area contributed by atoms with E-state index in [1.807, 2.05) is 51.2 Å². The van der Waals surface area contributed by atoms with Gasteiger partial charge in [0.15, 0.2) is 0 Å². The highest BCUT2D eigenvalue weighted by atomic mass is 16.1. The van der Waals surface area contributed by atoms with Gasteiger partial charge in [0.05, 0.1) is 0 Å². The van der Waals surface area contributed by atoms with Crippen molar-refractivity contribution < 1.29 is 4.79 Å². The third-order valence-electron chi connectivity index (χ3n) is 8.21. The summed E-state index contributed by atoms with van der Waals surface area (Å²) in [7, 11) is 4.31. The van der Waals surface area contributed by atoms with Crippen LogP contribution in [0, 0.1) is 20.8 Å². The molecule has 1 saturated carbocycles. The van der Waals surface area contributed by atoms with Gasteiger partial charge in [-0.2, -0.15) is 0 Å². The van der Waals surface area contributed by atoms with Crippen molar-refractivity contribution in [1.82, 2.24) is 14.9 Å². The number of nitrogens with one attached hydrogen (secondary N) is 1. The highest BCUT2D eigenvalue weighted by Gasteiger charge is 2.31. The maximum Gasteiger partial charge on any atom is 0.251 e. The lowest BCUT2D eigenvalue weighted by molar-refractivity contribution is 0.0999. The third kappa shape index (κ3) is 5.53. The Hall–Kier alpha value is -3.45. The summed E-state index contributed by atoms with van der Waals surface area (Å²) in [5.41, 5.74) is 13.6. The number of H-pyrrole nitrogens is 1. The van der Waals surface area contributed by atoms with E-state index in [1.54, 1.807) is 6.20 Å². The summed E-state index contributed by atoms with van der Waals surface area (Å²) in [4.78, 5) is 38.0. The second kappa shape index (κ2) is 11.5. The van der Waals surface area contributed by atoms with Crippen LogP contribution in [0.5, 0.6) is 0 Å². The number of aromatic amines is 1. The van der Waals surface area contributed by atoms with Gasteiger partial charge >= 0.3 is 0 Å². The second-order valence-electron chi connectivity index (χ2n) is 10.9. The molecule has 1 amide bonds. The number of pyridine rings is 2. The zero-order valence-electron chi connectivity index (χ0n) is 23.6. The first-order chi connectivity index (χ1) is 18.1. The number of hydrogen-bond acceptors (Lipinski definition) is 5. The summed E-state index contributed by atoms with van der Waals surface area (Å²) < 4.78 is 0. The van der Waals surface area contributed by atoms with Crippen molar-refractivity contribution in [3.63, 3.8) is 0 Å². The van der Waals surface area contributed by atoms with Crippen molar-refractivity contribution in [3.05, 3.63) is 80.5 Å². The monoisotopic (exact) mass is 515 g/mol. The smallest absolute Gasteiger partial charge is 0.251 e. The predicted octanol–water partition coefficient (Wildman–Crippen LogP) is 4.75. The van der Waals surface area contributed by atoms with E-state index in [-0.39, 0.29) is 5.56 Å². The normalized spacial score (nSPS) is 17.6. The number of carbonyl (C=O) groups is 1. The van der Waals surface area contributed by atoms with Gasteiger partial charge in [-0.3, -0.25) is 14.6 Å². The van der Waals surface area contributed by atoms with Crippen molar-refractivity contribution in [2.24, 2.45) is 5.73 Å². The van der Waals surface area contributed by atoms with Crippen LogP contribution in [0.25, 0.3) is 11.1 Å². The molecule has 0 radical (unpaired) electrons. The van der Waals surface area contributed by atoms with Gasteiger partial charge in [0, 0.05) is 65.5 Å². The molecule has 0 atom stereocenters. The molecular formula is C31H41N5O2. The van der Waals surface area contributed by atoms with Crippen LogP contribution in [-0.2, 0) is 6.42 Å². The van der Waals surface area contributed by atoms with E-state index < -0.39 is 5.91 Å². The summed E-state index contributed by atoms with van der Waals surface area (Å²) in [5.74, 6) is -0.447. The van der Waals surface area contributed by atoms with Crippen molar-refractivity contribution >= 4 is 11.6 Å². The molecule has 1 aliphatic rings. The summed E-state index contributed by atoms with van der Waals surface area (Å²) >= 11 is 0. The number of rotatable bonds is 8. The summed E-state index contributed by atoms with van der Waals surface area (Å²) in [6.07, 6.45) is 8.40. The molecule has 0 spiro atoms. The van der Waals surface area contributed by atoms with Gasteiger partial charge < -0.3 is 20.5 Å². The minimum atomic E-state index is -0.447. The van der Waals surface area contributed by atoms with E-state index in [9.17, 15) is 9.59 Å². The Kier molecular flexibility index (Phi) is 8.36. The summed E-state index contributed by atoms with van der Waals surface area (Å²) in [6, 6.07) is 8.73. The lowest BCUT2D eigenvalue weighted by Crippen LogP contribution is -2.43. The fraction of sp³-hybridized carbons (Fsp3) is 0.452. The van der Waals surface area contributed by atoms with Crippen LogP contribution in [0.15, 0.2) is 41.5 Å². The van der Waals surface area contributed by atoms with Crippen LogP contribution in [0.3, 0.4) is 0 Å². The fourth-order valence-electron chi connectivity index (χ4n) is 6.19. The average Bonchev–Trinajstić information content (AvgIpc) is 2.88. The maximum absolute atomic E-state index is 13.2. The van der Waals surface area contributed by atoms with E-state index >= 15 is 0 Å². The highest BCUT2D eigenvalue weighted by Crippen LogP contribution is 2.40. The molecule has 3 N–H and O–H groups in total. The number of aromatic nitrogens is 2. The minimum absolute atomic E-state index is 0.0724. The fourth-order valence-corrected chi connectivity index (χ4v) is 6.19. The van der Waals surface area contributed by atoms with Crippen molar-refractivity contribution in [2.45, 2.75) is 71.9 Å². The van der Waals surface area contributed by atoms with E-state index in [1.165, 1.54) is 0 Å². The quantitative estimate of drug-likeness (QED) is 0.451. The molecule has 38 heavy (non-hydrogen) atoms. The first kappa shape index (κ1) is 27.6. The van der Waals surface area contributed by atoms with E-state index in [0.29, 0.717) is 24.1 Å². The van der Waals surface area contributed by atoms with Crippen LogP contribution < -0.4 is 16.2 Å². The average molecular weight is 516 g/mol. The van der Waals surface area contributed by atoms with Gasteiger partial charge in [-0.1, -0.05) is 6.07 Å². The standard InChI is InChI=1S/C31H41N5O2/c1-7-36(24-12-10-23(11-13-24)35(5)6)29-21(4)26(30(32)37)17-27(22-9-8-14-33-18-22)28(29)16-25-19(2)15-20(3)34-31(25)38/h8-9,14-15,17-18,23-24H,7,10-13,16H2,1-6H3,(H2,32,37)(H,34,38). The molecule has 3 aromatic rings. The van der Waals surface area contributed by atoms with Gasteiger partial charge in [0.2, 0.25) is 5.91 Å². The SMILES string of the molecule is CCN(c1c(C)c(C(N)=O)cc(-c2cccnc2)c1Cc1c(C)cc(C)[nH]c1=O)C1CCC(N(C)C)CC1. The Morgan fingerprint density at radius 2 is 1.76 bits per heavy atom. The van der Waals surface area contributed by atoms with Crippen LogP contribution in [0.2, 0.25) is 0 Å². The number of aryl methyl sites for hydroxylation is 2. The van der Waals surface area contributed by atoms with Gasteiger partial charge in [0.1, 0.15) is 0 Å². The number of anilines is 1. The molecule has 2 heterocycles. The number of amides is 1. The van der Waals surface area contributed by atoms with Gasteiger partial charge in [-0.05, 0) is 108 Å². The first-order valence-corrected chi connectivity index (χ1v) is 13.6. The van der Waals surface area contributed by atoms with Gasteiger partial charge in [0.25, 0.3) is 5.56 Å². The topological polar surface area (TPSA) is 95.3 Å². The van der Waals surface area contributed by atoms with Crippen LogP contribution >= 0.6 is 0 Å². The molecule has 7 heteroatoms. The van der Waals surface area contributed by atoms with Crippen molar-refractivity contribution in [3.8, 4) is 11.1 Å². The zero-order chi connectivity index (χ0) is 27.6. The van der Waals surface area contributed by atoms with Gasteiger partial charge in [-0.25, -0.2) is 0 Å². The van der Waals surface area contributed by atoms with Crippen LogP contribution in [-0.4, -0.2) is 53.5 Å². The lowest BCUT2D eigenvalue weighted by atomic mass is 9.85.